The monoisotopic (exact) mass is 564 g/mol. The summed E-state index contributed by atoms with van der Waals surface area (Å²) in [6.45, 7) is 6.51. The molecule has 5 aromatic rings. The number of nitrogens with one attached hydrogen (secondary N) is 1. The first-order valence-electron chi connectivity index (χ1n) is 13.2. The molecule has 0 saturated carbocycles. The quantitative estimate of drug-likeness (QED) is 0.210. The van der Waals surface area contributed by atoms with Crippen molar-refractivity contribution in [2.24, 2.45) is 0 Å². The second kappa shape index (κ2) is 10.8. The Bertz CT molecular complexity index is 1670. The maximum atomic E-state index is 6.40. The van der Waals surface area contributed by atoms with Gasteiger partial charge in [0, 0.05) is 39.5 Å². The van der Waals surface area contributed by atoms with Crippen LogP contribution in [-0.2, 0) is 0 Å². The van der Waals surface area contributed by atoms with Crippen molar-refractivity contribution in [1.29, 1.82) is 0 Å². The molecular formula is C33H29ClN4OS. The SMILES string of the molecule is Cc1c([C@@H]2[C@H](c3ccccn3)NC(=S)N2c2ccc(Oc3ccccc3)cc2)c(C)n(-c2cccc(Cl)c2)c1C. The van der Waals surface area contributed by atoms with Crippen LogP contribution in [0.5, 0.6) is 11.5 Å². The van der Waals surface area contributed by atoms with Gasteiger partial charge in [-0.25, -0.2) is 0 Å². The highest BCUT2D eigenvalue weighted by Crippen LogP contribution is 2.45. The lowest BCUT2D eigenvalue weighted by molar-refractivity contribution is 0.482. The highest BCUT2D eigenvalue weighted by molar-refractivity contribution is 7.80. The molecule has 2 atom stereocenters. The second-order valence-electron chi connectivity index (χ2n) is 9.93. The summed E-state index contributed by atoms with van der Waals surface area (Å²) in [5.74, 6) is 1.56. The molecule has 0 spiro atoms. The van der Waals surface area contributed by atoms with Gasteiger partial charge in [0.25, 0.3) is 0 Å². The lowest BCUT2D eigenvalue weighted by atomic mass is 9.93. The van der Waals surface area contributed by atoms with E-state index in [1.54, 1.807) is 0 Å². The average Bonchev–Trinajstić information content (AvgIpc) is 3.41. The number of hydrogen-bond donors (Lipinski definition) is 1. The van der Waals surface area contributed by atoms with Crippen LogP contribution < -0.4 is 15.0 Å². The van der Waals surface area contributed by atoms with E-state index in [4.69, 9.17) is 33.5 Å². The fourth-order valence-corrected chi connectivity index (χ4v) is 6.20. The van der Waals surface area contributed by atoms with E-state index < -0.39 is 0 Å². The van der Waals surface area contributed by atoms with Gasteiger partial charge >= 0.3 is 0 Å². The summed E-state index contributed by atoms with van der Waals surface area (Å²) in [5.41, 5.74) is 7.69. The van der Waals surface area contributed by atoms with Gasteiger partial charge in [-0.1, -0.05) is 41.9 Å². The minimum Gasteiger partial charge on any atom is -0.457 e. The Kier molecular flexibility index (Phi) is 7.05. The summed E-state index contributed by atoms with van der Waals surface area (Å²) in [7, 11) is 0. The van der Waals surface area contributed by atoms with E-state index in [0.29, 0.717) is 10.1 Å². The lowest BCUT2D eigenvalue weighted by Gasteiger charge is -2.29. The van der Waals surface area contributed by atoms with Gasteiger partial charge in [0.15, 0.2) is 5.11 Å². The molecule has 0 aliphatic carbocycles. The first-order chi connectivity index (χ1) is 19.4. The molecule has 7 heteroatoms. The Labute approximate surface area is 245 Å². The third kappa shape index (κ3) is 4.74. The summed E-state index contributed by atoms with van der Waals surface area (Å²) in [6, 6.07) is 31.6. The van der Waals surface area contributed by atoms with Gasteiger partial charge in [0.1, 0.15) is 11.5 Å². The number of aromatic nitrogens is 2. The predicted molar refractivity (Wildman–Crippen MR) is 166 cm³/mol. The third-order valence-corrected chi connectivity index (χ3v) is 8.11. The summed E-state index contributed by atoms with van der Waals surface area (Å²) in [4.78, 5) is 6.93. The number of ether oxygens (including phenoxy) is 1. The van der Waals surface area contributed by atoms with Crippen LogP contribution in [0.3, 0.4) is 0 Å². The Morgan fingerprint density at radius 1 is 0.800 bits per heavy atom. The summed E-state index contributed by atoms with van der Waals surface area (Å²) in [6.07, 6.45) is 1.83. The number of rotatable bonds is 6. The molecule has 3 aromatic carbocycles. The molecule has 1 aliphatic heterocycles. The number of nitrogens with zero attached hydrogens (tertiary/aromatic N) is 3. The first kappa shape index (κ1) is 26.1. The summed E-state index contributed by atoms with van der Waals surface area (Å²) < 4.78 is 8.33. The molecule has 1 fully saturated rings. The number of halogens is 1. The number of para-hydroxylation sites is 1. The zero-order chi connectivity index (χ0) is 27.8. The van der Waals surface area contributed by atoms with Crippen LogP contribution in [0.2, 0.25) is 5.02 Å². The Balaban J connectivity index is 1.45. The van der Waals surface area contributed by atoms with Crippen molar-refractivity contribution < 1.29 is 4.74 Å². The lowest BCUT2D eigenvalue weighted by Crippen LogP contribution is -2.29. The van der Waals surface area contributed by atoms with Gasteiger partial charge in [-0.15, -0.1) is 0 Å². The van der Waals surface area contributed by atoms with E-state index in [9.17, 15) is 0 Å². The van der Waals surface area contributed by atoms with E-state index in [2.05, 4.69) is 59.8 Å². The van der Waals surface area contributed by atoms with Gasteiger partial charge in [-0.3, -0.25) is 4.98 Å². The molecule has 1 aliphatic rings. The molecule has 6 rings (SSSR count). The van der Waals surface area contributed by atoms with Gasteiger partial charge in [0.05, 0.1) is 17.8 Å². The molecule has 0 radical (unpaired) electrons. The number of hydrogen-bond acceptors (Lipinski definition) is 3. The van der Waals surface area contributed by atoms with Gasteiger partial charge in [-0.2, -0.15) is 0 Å². The summed E-state index contributed by atoms with van der Waals surface area (Å²) >= 11 is 12.4. The van der Waals surface area contributed by atoms with Crippen molar-refractivity contribution in [2.45, 2.75) is 32.9 Å². The van der Waals surface area contributed by atoms with Crippen LogP contribution in [0.25, 0.3) is 5.69 Å². The first-order valence-corrected chi connectivity index (χ1v) is 14.0. The topological polar surface area (TPSA) is 42.3 Å². The average molecular weight is 565 g/mol. The van der Waals surface area contributed by atoms with Crippen LogP contribution >= 0.6 is 23.8 Å². The number of anilines is 1. The molecule has 1 N–H and O–H groups in total. The number of pyridine rings is 1. The Hall–Kier alpha value is -4.13. The summed E-state index contributed by atoms with van der Waals surface area (Å²) in [5, 5.41) is 4.95. The molecular weight excluding hydrogens is 536 g/mol. The standard InChI is InChI=1S/C33H29ClN4OS/c1-21-22(2)37(26-11-9-10-24(34)20-26)23(3)30(21)32-31(29-14-7-8-19-35-29)36-33(40)38(32)25-15-17-28(18-16-25)39-27-12-5-4-6-13-27/h4-20,31-32H,1-3H3,(H,36,40)/t31-,32+/m0/s1. The van der Waals surface area contributed by atoms with Crippen LogP contribution in [0, 0.1) is 20.8 Å². The highest BCUT2D eigenvalue weighted by Gasteiger charge is 2.43. The molecule has 0 bridgehead atoms. The second-order valence-corrected chi connectivity index (χ2v) is 10.8. The van der Waals surface area contributed by atoms with Crippen molar-refractivity contribution in [3.05, 3.63) is 136 Å². The van der Waals surface area contributed by atoms with Crippen molar-refractivity contribution in [1.82, 2.24) is 14.9 Å². The molecule has 200 valence electrons. The van der Waals surface area contributed by atoms with Crippen LogP contribution in [0.4, 0.5) is 5.69 Å². The van der Waals surface area contributed by atoms with Crippen molar-refractivity contribution >= 4 is 34.6 Å². The zero-order valence-corrected chi connectivity index (χ0v) is 24.1. The largest absolute Gasteiger partial charge is 0.457 e. The molecule has 0 amide bonds. The Morgan fingerprint density at radius 2 is 1.52 bits per heavy atom. The smallest absolute Gasteiger partial charge is 0.174 e. The molecule has 0 unspecified atom stereocenters. The minimum atomic E-state index is -0.138. The normalized spacial score (nSPS) is 16.7. The van der Waals surface area contributed by atoms with Gasteiger partial charge in [-0.05, 0) is 105 Å². The molecule has 5 nitrogen and oxygen atoms in total. The predicted octanol–water partition coefficient (Wildman–Crippen LogP) is 8.42. The van der Waals surface area contributed by atoms with Crippen LogP contribution in [-0.4, -0.2) is 14.7 Å². The van der Waals surface area contributed by atoms with E-state index in [-0.39, 0.29) is 12.1 Å². The molecule has 2 aromatic heterocycles. The number of thiocarbonyl (C=S) groups is 1. The highest BCUT2D eigenvalue weighted by atomic mass is 35.5. The fourth-order valence-electron chi connectivity index (χ4n) is 5.67. The maximum absolute atomic E-state index is 6.40. The van der Waals surface area contributed by atoms with Gasteiger partial charge in [0.2, 0.25) is 0 Å². The van der Waals surface area contributed by atoms with Crippen LogP contribution in [0.15, 0.2) is 103 Å². The van der Waals surface area contributed by atoms with Crippen molar-refractivity contribution in [3.8, 4) is 17.2 Å². The minimum absolute atomic E-state index is 0.123. The zero-order valence-electron chi connectivity index (χ0n) is 22.5. The van der Waals surface area contributed by atoms with Gasteiger partial charge < -0.3 is 19.5 Å². The fraction of sp³-hybridized carbons (Fsp3) is 0.152. The Morgan fingerprint density at radius 3 is 2.23 bits per heavy atom. The third-order valence-electron chi connectivity index (χ3n) is 7.56. The molecule has 1 saturated heterocycles. The van der Waals surface area contributed by atoms with E-state index in [1.807, 2.05) is 79.0 Å². The molecule has 3 heterocycles. The van der Waals surface area contributed by atoms with Crippen molar-refractivity contribution in [2.75, 3.05) is 4.90 Å². The molecule has 40 heavy (non-hydrogen) atoms. The maximum Gasteiger partial charge on any atom is 0.174 e. The van der Waals surface area contributed by atoms with Crippen molar-refractivity contribution in [3.63, 3.8) is 0 Å². The van der Waals surface area contributed by atoms with E-state index in [0.717, 1.165) is 34.3 Å². The number of benzene rings is 3. The van der Waals surface area contributed by atoms with Crippen LogP contribution in [0.1, 0.15) is 40.3 Å². The van der Waals surface area contributed by atoms with E-state index in [1.165, 1.54) is 16.8 Å². The van der Waals surface area contributed by atoms with E-state index >= 15 is 0 Å².